The maximum atomic E-state index is 11.8. The van der Waals surface area contributed by atoms with Gasteiger partial charge in [-0.1, -0.05) is 18.9 Å². The number of carbonyl (C=O) groups excluding carboxylic acids is 1. The molecule has 3 rings (SSSR count). The molecule has 0 spiro atoms. The lowest BCUT2D eigenvalue weighted by Crippen LogP contribution is -2.42. The minimum atomic E-state index is -0.503. The Morgan fingerprint density at radius 3 is 2.77 bits per heavy atom. The summed E-state index contributed by atoms with van der Waals surface area (Å²) in [5, 5.41) is 6.64. The predicted molar refractivity (Wildman–Crippen MR) is 103 cm³/mol. The van der Waals surface area contributed by atoms with Gasteiger partial charge in [-0.05, 0) is 37.1 Å². The molecule has 6 N–H and O–H groups in total. The van der Waals surface area contributed by atoms with Crippen molar-refractivity contribution in [2.45, 2.75) is 37.8 Å². The number of nitrogens with one attached hydrogen (secondary N) is 2. The molecule has 1 aromatic heterocycles. The van der Waals surface area contributed by atoms with Crippen molar-refractivity contribution in [3.05, 3.63) is 42.0 Å². The first-order valence-electron chi connectivity index (χ1n) is 8.81. The zero-order chi connectivity index (χ0) is 18.5. The average Bonchev–Trinajstić information content (AvgIpc) is 2.64. The number of amides is 1. The number of pyridine rings is 1. The molecule has 1 amide bonds. The van der Waals surface area contributed by atoms with Crippen LogP contribution in [0, 0.1) is 0 Å². The maximum absolute atomic E-state index is 11.8. The second-order valence-electron chi connectivity index (χ2n) is 6.51. The number of nitrogens with two attached hydrogens (primary N) is 2. The van der Waals surface area contributed by atoms with Crippen LogP contribution in [0.2, 0.25) is 0 Å². The number of nitrogens with zero attached hydrogens (tertiary/aromatic N) is 1. The summed E-state index contributed by atoms with van der Waals surface area (Å²) in [7, 11) is 1.55. The minimum Gasteiger partial charge on any atom is -0.481 e. The van der Waals surface area contributed by atoms with Crippen LogP contribution in [0.15, 0.2) is 36.4 Å². The lowest BCUT2D eigenvalue weighted by Gasteiger charge is -2.30. The van der Waals surface area contributed by atoms with Gasteiger partial charge in [0.15, 0.2) is 0 Å². The summed E-state index contributed by atoms with van der Waals surface area (Å²) < 4.78 is 5.14. The third kappa shape index (κ3) is 4.23. The molecule has 26 heavy (non-hydrogen) atoms. The number of methoxy groups -OCH3 is 1. The number of primary amides is 1. The second kappa shape index (κ2) is 8.05. The summed E-state index contributed by atoms with van der Waals surface area (Å²) in [4.78, 5) is 16.1. The van der Waals surface area contributed by atoms with E-state index in [1.807, 2.05) is 18.2 Å². The Morgan fingerprint density at radius 1 is 1.23 bits per heavy atom. The molecular formula is C19H25N5O2. The molecule has 0 bridgehead atoms. The molecular weight excluding hydrogens is 330 g/mol. The van der Waals surface area contributed by atoms with E-state index >= 15 is 0 Å². The Balaban J connectivity index is 1.85. The van der Waals surface area contributed by atoms with Crippen molar-refractivity contribution in [2.24, 2.45) is 11.5 Å². The Morgan fingerprint density at radius 2 is 2.04 bits per heavy atom. The van der Waals surface area contributed by atoms with Gasteiger partial charge in [-0.25, -0.2) is 0 Å². The number of hydrogen-bond donors (Lipinski definition) is 4. The van der Waals surface area contributed by atoms with E-state index in [1.54, 1.807) is 25.3 Å². The molecule has 0 unspecified atom stereocenters. The van der Waals surface area contributed by atoms with E-state index in [0.717, 1.165) is 18.5 Å². The molecule has 7 nitrogen and oxygen atoms in total. The van der Waals surface area contributed by atoms with E-state index in [2.05, 4.69) is 15.6 Å². The molecule has 7 heteroatoms. The topological polar surface area (TPSA) is 115 Å². The first-order valence-corrected chi connectivity index (χ1v) is 8.81. The van der Waals surface area contributed by atoms with E-state index in [9.17, 15) is 4.79 Å². The fourth-order valence-corrected chi connectivity index (χ4v) is 3.24. The number of anilines is 3. The molecule has 138 valence electrons. The fraction of sp³-hybridized carbons (Fsp3) is 0.368. The van der Waals surface area contributed by atoms with Gasteiger partial charge in [0.25, 0.3) is 5.91 Å². The number of hydrogen-bond acceptors (Lipinski definition) is 6. The van der Waals surface area contributed by atoms with Crippen molar-refractivity contribution in [1.82, 2.24) is 4.98 Å². The lowest BCUT2D eigenvalue weighted by atomic mass is 9.91. The third-order valence-electron chi connectivity index (χ3n) is 4.65. The summed E-state index contributed by atoms with van der Waals surface area (Å²) in [6.07, 6.45) is 4.41. The third-order valence-corrected chi connectivity index (χ3v) is 4.65. The van der Waals surface area contributed by atoms with Gasteiger partial charge in [0.1, 0.15) is 5.82 Å². The Labute approximate surface area is 153 Å². The van der Waals surface area contributed by atoms with Gasteiger partial charge in [-0.2, -0.15) is 4.98 Å². The highest BCUT2D eigenvalue weighted by Gasteiger charge is 2.22. The van der Waals surface area contributed by atoms with Gasteiger partial charge in [0.05, 0.1) is 18.4 Å². The SMILES string of the molecule is COc1cccc(Nc2cc(N[C@@H]3CCCC[C@@H]3N)ccc2C(N)=O)n1. The number of rotatable bonds is 6. The van der Waals surface area contributed by atoms with Gasteiger partial charge in [0.2, 0.25) is 5.88 Å². The fourth-order valence-electron chi connectivity index (χ4n) is 3.24. The molecule has 1 aliphatic carbocycles. The summed E-state index contributed by atoms with van der Waals surface area (Å²) in [5.41, 5.74) is 13.6. The first kappa shape index (κ1) is 18.0. The highest BCUT2D eigenvalue weighted by atomic mass is 16.5. The maximum Gasteiger partial charge on any atom is 0.250 e. The molecule has 0 radical (unpaired) electrons. The van der Waals surface area contributed by atoms with Crippen LogP contribution < -0.4 is 26.8 Å². The van der Waals surface area contributed by atoms with Crippen molar-refractivity contribution in [1.29, 1.82) is 0 Å². The van der Waals surface area contributed by atoms with Crippen LogP contribution in [0.1, 0.15) is 36.0 Å². The molecule has 0 saturated heterocycles. The van der Waals surface area contributed by atoms with Crippen LogP contribution in [-0.2, 0) is 0 Å². The van der Waals surface area contributed by atoms with Crippen molar-refractivity contribution in [3.8, 4) is 5.88 Å². The van der Waals surface area contributed by atoms with Crippen LogP contribution in [0.3, 0.4) is 0 Å². The molecule has 1 heterocycles. The number of aromatic nitrogens is 1. The van der Waals surface area contributed by atoms with E-state index in [-0.39, 0.29) is 12.1 Å². The van der Waals surface area contributed by atoms with Gasteiger partial charge in [-0.15, -0.1) is 0 Å². The molecule has 1 saturated carbocycles. The van der Waals surface area contributed by atoms with E-state index < -0.39 is 5.91 Å². The highest BCUT2D eigenvalue weighted by Crippen LogP contribution is 2.27. The zero-order valence-corrected chi connectivity index (χ0v) is 14.9. The van der Waals surface area contributed by atoms with Gasteiger partial charge in [-0.3, -0.25) is 4.79 Å². The van der Waals surface area contributed by atoms with Crippen molar-refractivity contribution >= 4 is 23.1 Å². The van der Waals surface area contributed by atoms with E-state index in [4.69, 9.17) is 16.2 Å². The Hall–Kier alpha value is -2.80. The van der Waals surface area contributed by atoms with Crippen LogP contribution in [-0.4, -0.2) is 30.1 Å². The molecule has 2 aromatic rings. The zero-order valence-electron chi connectivity index (χ0n) is 14.9. The number of carbonyl (C=O) groups is 1. The summed E-state index contributed by atoms with van der Waals surface area (Å²) >= 11 is 0. The highest BCUT2D eigenvalue weighted by molar-refractivity contribution is 5.99. The largest absolute Gasteiger partial charge is 0.481 e. The summed E-state index contributed by atoms with van der Waals surface area (Å²) in [6, 6.07) is 11.2. The van der Waals surface area contributed by atoms with Crippen molar-refractivity contribution in [2.75, 3.05) is 17.7 Å². The van der Waals surface area contributed by atoms with E-state index in [0.29, 0.717) is 22.9 Å². The quantitative estimate of drug-likeness (QED) is 0.633. The van der Waals surface area contributed by atoms with Crippen molar-refractivity contribution in [3.63, 3.8) is 0 Å². The summed E-state index contributed by atoms with van der Waals surface area (Å²) in [5.74, 6) is 0.549. The van der Waals surface area contributed by atoms with Crippen LogP contribution >= 0.6 is 0 Å². The first-order chi connectivity index (χ1) is 12.6. The number of ether oxygens (including phenoxy) is 1. The van der Waals surface area contributed by atoms with Gasteiger partial charge < -0.3 is 26.8 Å². The average molecular weight is 355 g/mol. The standard InChI is InChI=1S/C19H25N5O2/c1-26-18-8-4-7-17(24-18)23-16-11-12(9-10-13(16)19(21)25)22-15-6-3-2-5-14(15)20/h4,7-11,14-15,22H,2-3,5-6,20H2,1H3,(H2,21,25)(H,23,24)/t14-,15+/m0/s1. The van der Waals surface area contributed by atoms with Crippen molar-refractivity contribution < 1.29 is 9.53 Å². The van der Waals surface area contributed by atoms with Crippen LogP contribution in [0.25, 0.3) is 0 Å². The second-order valence-corrected chi connectivity index (χ2v) is 6.51. The molecule has 1 fully saturated rings. The molecule has 1 aliphatic rings. The monoisotopic (exact) mass is 355 g/mol. The molecule has 2 atom stereocenters. The van der Waals surface area contributed by atoms with Gasteiger partial charge >= 0.3 is 0 Å². The molecule has 1 aromatic carbocycles. The number of benzene rings is 1. The lowest BCUT2D eigenvalue weighted by molar-refractivity contribution is 0.100. The normalized spacial score (nSPS) is 19.6. The predicted octanol–water partition coefficient (Wildman–Crippen LogP) is 2.61. The smallest absolute Gasteiger partial charge is 0.250 e. The van der Waals surface area contributed by atoms with E-state index in [1.165, 1.54) is 12.8 Å². The van der Waals surface area contributed by atoms with Crippen LogP contribution in [0.4, 0.5) is 17.2 Å². The van der Waals surface area contributed by atoms with Gasteiger partial charge in [0, 0.05) is 23.8 Å². The summed E-state index contributed by atoms with van der Waals surface area (Å²) in [6.45, 7) is 0. The Kier molecular flexibility index (Phi) is 5.58. The minimum absolute atomic E-state index is 0.135. The molecule has 0 aliphatic heterocycles. The van der Waals surface area contributed by atoms with Crippen LogP contribution in [0.5, 0.6) is 5.88 Å². The Bertz CT molecular complexity index is 780.